The monoisotopic (exact) mass is 330 g/mol. The highest BCUT2D eigenvalue weighted by Crippen LogP contribution is 2.23. The van der Waals surface area contributed by atoms with E-state index in [1.807, 2.05) is 6.92 Å². The Kier molecular flexibility index (Phi) is 4.12. The number of hydrogen-bond acceptors (Lipinski definition) is 5. The fraction of sp³-hybridized carbons (Fsp3) is 0.167. The Balaban J connectivity index is 2.31. The van der Waals surface area contributed by atoms with Gasteiger partial charge in [0.2, 0.25) is 0 Å². The van der Waals surface area contributed by atoms with Crippen molar-refractivity contribution in [1.29, 1.82) is 0 Å². The van der Waals surface area contributed by atoms with E-state index in [0.29, 0.717) is 5.13 Å². The van der Waals surface area contributed by atoms with E-state index in [4.69, 9.17) is 11.6 Å². The molecule has 106 valence electrons. The Hall–Kier alpha value is -1.44. The van der Waals surface area contributed by atoms with E-state index < -0.39 is 15.7 Å². The highest BCUT2D eigenvalue weighted by atomic mass is 35.5. The molecule has 1 heterocycles. The molecule has 0 aliphatic rings. The molecule has 2 aromatic rings. The molecule has 0 bridgehead atoms. The first-order valence-corrected chi connectivity index (χ1v) is 8.65. The lowest BCUT2D eigenvalue weighted by Crippen LogP contribution is -2.12. The van der Waals surface area contributed by atoms with Crippen LogP contribution >= 0.6 is 22.9 Å². The molecule has 0 fully saturated rings. The molecule has 0 saturated carbocycles. The van der Waals surface area contributed by atoms with Gasteiger partial charge in [0.25, 0.3) is 5.91 Å². The summed E-state index contributed by atoms with van der Waals surface area (Å²) in [6, 6.07) is 4.11. The lowest BCUT2D eigenvalue weighted by Gasteiger charge is -2.06. The zero-order valence-corrected chi connectivity index (χ0v) is 13.1. The normalized spacial score (nSPS) is 11.3. The van der Waals surface area contributed by atoms with Gasteiger partial charge in [-0.15, -0.1) is 11.3 Å². The van der Waals surface area contributed by atoms with Crippen molar-refractivity contribution in [2.45, 2.75) is 11.8 Å². The van der Waals surface area contributed by atoms with Crippen LogP contribution in [-0.4, -0.2) is 25.6 Å². The predicted octanol–water partition coefficient (Wildman–Crippen LogP) is 2.76. The number of carbonyl (C=O) groups is 1. The number of aryl methyl sites for hydroxylation is 1. The van der Waals surface area contributed by atoms with Gasteiger partial charge in [-0.05, 0) is 25.1 Å². The topological polar surface area (TPSA) is 76.1 Å². The first-order chi connectivity index (χ1) is 9.27. The molecular weight excluding hydrogens is 320 g/mol. The van der Waals surface area contributed by atoms with E-state index in [9.17, 15) is 13.2 Å². The highest BCUT2D eigenvalue weighted by Gasteiger charge is 2.16. The zero-order valence-electron chi connectivity index (χ0n) is 10.7. The lowest BCUT2D eigenvalue weighted by atomic mass is 10.2. The second kappa shape index (κ2) is 5.51. The van der Waals surface area contributed by atoms with Gasteiger partial charge in [-0.2, -0.15) is 0 Å². The second-order valence-corrected chi connectivity index (χ2v) is 7.41. The quantitative estimate of drug-likeness (QED) is 0.938. The Morgan fingerprint density at radius 2 is 2.10 bits per heavy atom. The maximum absolute atomic E-state index is 12.0. The van der Waals surface area contributed by atoms with Crippen molar-refractivity contribution in [3.8, 4) is 0 Å². The molecule has 1 aromatic heterocycles. The largest absolute Gasteiger partial charge is 0.298 e. The maximum atomic E-state index is 12.0. The number of anilines is 1. The fourth-order valence-electron chi connectivity index (χ4n) is 1.51. The third-order valence-electron chi connectivity index (χ3n) is 2.43. The number of nitrogens with one attached hydrogen (secondary N) is 1. The molecule has 8 heteroatoms. The van der Waals surface area contributed by atoms with Crippen LogP contribution in [0.15, 0.2) is 28.5 Å². The van der Waals surface area contributed by atoms with Gasteiger partial charge in [0.05, 0.1) is 15.6 Å². The van der Waals surface area contributed by atoms with E-state index in [2.05, 4.69) is 10.3 Å². The van der Waals surface area contributed by atoms with E-state index in [1.54, 1.807) is 5.38 Å². The molecular formula is C12H11ClN2O3S2. The van der Waals surface area contributed by atoms with Gasteiger partial charge < -0.3 is 0 Å². The molecule has 2 rings (SSSR count). The van der Waals surface area contributed by atoms with Gasteiger partial charge in [-0.25, -0.2) is 13.4 Å². The van der Waals surface area contributed by atoms with Crippen LogP contribution in [0.25, 0.3) is 0 Å². The minimum absolute atomic E-state index is 0.0675. The number of benzene rings is 1. The number of rotatable bonds is 3. The molecule has 0 aliphatic heterocycles. The average molecular weight is 331 g/mol. The number of thiazole rings is 1. The Labute approximate surface area is 125 Å². The minimum Gasteiger partial charge on any atom is -0.298 e. The molecule has 1 N–H and O–H groups in total. The van der Waals surface area contributed by atoms with Crippen molar-refractivity contribution >= 4 is 43.8 Å². The summed E-state index contributed by atoms with van der Waals surface area (Å²) < 4.78 is 23.1. The van der Waals surface area contributed by atoms with Gasteiger partial charge >= 0.3 is 0 Å². The molecule has 1 amide bonds. The van der Waals surface area contributed by atoms with Crippen LogP contribution in [0.4, 0.5) is 5.13 Å². The summed E-state index contributed by atoms with van der Waals surface area (Å²) in [5, 5.41) is 4.97. The summed E-state index contributed by atoms with van der Waals surface area (Å²) in [6.45, 7) is 1.82. The van der Waals surface area contributed by atoms with E-state index in [1.165, 1.54) is 29.5 Å². The SMILES string of the molecule is Cc1csc(NC(=O)c2ccc(Cl)c(S(C)(=O)=O)c2)n1. The fourth-order valence-corrected chi connectivity index (χ4v) is 3.49. The van der Waals surface area contributed by atoms with Gasteiger partial charge in [0.1, 0.15) is 0 Å². The molecule has 0 atom stereocenters. The van der Waals surface area contributed by atoms with Gasteiger partial charge in [-0.3, -0.25) is 10.1 Å². The van der Waals surface area contributed by atoms with Crippen LogP contribution in [-0.2, 0) is 9.84 Å². The number of hydrogen-bond donors (Lipinski definition) is 1. The number of halogens is 1. The molecule has 5 nitrogen and oxygen atoms in total. The summed E-state index contributed by atoms with van der Waals surface area (Å²) in [7, 11) is -3.48. The van der Waals surface area contributed by atoms with Crippen LogP contribution in [0.5, 0.6) is 0 Å². The van der Waals surface area contributed by atoms with Crippen LogP contribution < -0.4 is 5.32 Å². The Morgan fingerprint density at radius 3 is 2.65 bits per heavy atom. The average Bonchev–Trinajstić information content (AvgIpc) is 2.73. The van der Waals surface area contributed by atoms with Crippen LogP contribution in [0.3, 0.4) is 0 Å². The standard InChI is InChI=1S/C12H11ClN2O3S2/c1-7-6-19-12(14-7)15-11(16)8-3-4-9(13)10(5-8)20(2,17)18/h3-6H,1-2H3,(H,14,15,16). The van der Waals surface area contributed by atoms with Crippen molar-refractivity contribution in [2.75, 3.05) is 11.6 Å². The van der Waals surface area contributed by atoms with Crippen LogP contribution in [0.1, 0.15) is 16.1 Å². The van der Waals surface area contributed by atoms with E-state index in [0.717, 1.165) is 11.9 Å². The molecule has 1 aromatic carbocycles. The summed E-state index contributed by atoms with van der Waals surface area (Å²) >= 11 is 7.13. The van der Waals surface area contributed by atoms with Gasteiger partial charge in [0.15, 0.2) is 15.0 Å². The first kappa shape index (κ1) is 15.0. The van der Waals surface area contributed by atoms with Crippen molar-refractivity contribution in [2.24, 2.45) is 0 Å². The Morgan fingerprint density at radius 1 is 1.40 bits per heavy atom. The minimum atomic E-state index is -3.48. The number of carbonyl (C=O) groups excluding carboxylic acids is 1. The third kappa shape index (κ3) is 3.36. The van der Waals surface area contributed by atoms with Crippen molar-refractivity contribution in [1.82, 2.24) is 4.98 Å². The van der Waals surface area contributed by atoms with Crippen LogP contribution in [0, 0.1) is 6.92 Å². The lowest BCUT2D eigenvalue weighted by molar-refractivity contribution is 0.102. The molecule has 0 spiro atoms. The first-order valence-electron chi connectivity index (χ1n) is 5.50. The van der Waals surface area contributed by atoms with Crippen molar-refractivity contribution < 1.29 is 13.2 Å². The zero-order chi connectivity index (χ0) is 14.9. The van der Waals surface area contributed by atoms with Gasteiger partial charge in [-0.1, -0.05) is 11.6 Å². The maximum Gasteiger partial charge on any atom is 0.257 e. The van der Waals surface area contributed by atoms with E-state index in [-0.39, 0.29) is 15.5 Å². The molecule has 0 radical (unpaired) electrons. The summed E-state index contributed by atoms with van der Waals surface area (Å²) in [5.41, 5.74) is 1.01. The van der Waals surface area contributed by atoms with Crippen molar-refractivity contribution in [3.05, 3.63) is 39.9 Å². The number of amides is 1. The summed E-state index contributed by atoms with van der Waals surface area (Å²) in [5.74, 6) is -0.430. The molecule has 0 unspecified atom stereocenters. The highest BCUT2D eigenvalue weighted by molar-refractivity contribution is 7.90. The van der Waals surface area contributed by atoms with E-state index >= 15 is 0 Å². The Bertz CT molecular complexity index is 769. The third-order valence-corrected chi connectivity index (χ3v) is 4.89. The van der Waals surface area contributed by atoms with Gasteiger partial charge in [0, 0.05) is 17.2 Å². The molecule has 0 saturated heterocycles. The molecule has 20 heavy (non-hydrogen) atoms. The van der Waals surface area contributed by atoms with Crippen LogP contribution in [0.2, 0.25) is 5.02 Å². The number of aromatic nitrogens is 1. The molecule has 0 aliphatic carbocycles. The predicted molar refractivity (Wildman–Crippen MR) is 79.4 cm³/mol. The number of nitrogens with zero attached hydrogens (tertiary/aromatic N) is 1. The number of sulfone groups is 1. The second-order valence-electron chi connectivity index (χ2n) is 4.17. The summed E-state index contributed by atoms with van der Waals surface area (Å²) in [4.78, 5) is 16.1. The summed E-state index contributed by atoms with van der Waals surface area (Å²) in [6.07, 6.45) is 1.04. The van der Waals surface area contributed by atoms with Crippen molar-refractivity contribution in [3.63, 3.8) is 0 Å². The smallest absolute Gasteiger partial charge is 0.257 e.